The molecule has 0 bridgehead atoms. The summed E-state index contributed by atoms with van der Waals surface area (Å²) in [5, 5.41) is 0. The van der Waals surface area contributed by atoms with Crippen molar-refractivity contribution in [2.75, 3.05) is 13.7 Å². The minimum atomic E-state index is -0.0494. The van der Waals surface area contributed by atoms with E-state index in [4.69, 9.17) is 9.72 Å². The molecular formula is C24H22N4O2S. The first kappa shape index (κ1) is 19.7. The molecule has 4 heterocycles. The number of ether oxygens (including phenoxy) is 1. The van der Waals surface area contributed by atoms with Crippen molar-refractivity contribution in [3.8, 4) is 27.6 Å². The highest BCUT2D eigenvalue weighted by Crippen LogP contribution is 2.31. The van der Waals surface area contributed by atoms with E-state index in [1.54, 1.807) is 30.8 Å². The Hall–Kier alpha value is -3.29. The van der Waals surface area contributed by atoms with E-state index >= 15 is 0 Å². The molecule has 0 unspecified atom stereocenters. The molecule has 1 aromatic carbocycles. The lowest BCUT2D eigenvalue weighted by Crippen LogP contribution is -2.35. The summed E-state index contributed by atoms with van der Waals surface area (Å²) in [6, 6.07) is 16.2. The van der Waals surface area contributed by atoms with Gasteiger partial charge in [-0.1, -0.05) is 0 Å². The average molecular weight is 431 g/mol. The van der Waals surface area contributed by atoms with Gasteiger partial charge in [0.1, 0.15) is 11.6 Å². The van der Waals surface area contributed by atoms with Crippen LogP contribution in [-0.2, 0) is 19.5 Å². The third kappa shape index (κ3) is 4.15. The molecule has 0 fully saturated rings. The first-order valence-corrected chi connectivity index (χ1v) is 11.0. The molecule has 0 saturated carbocycles. The molecule has 0 saturated heterocycles. The van der Waals surface area contributed by atoms with Crippen molar-refractivity contribution < 1.29 is 4.74 Å². The van der Waals surface area contributed by atoms with Crippen molar-refractivity contribution in [2.45, 2.75) is 19.5 Å². The lowest BCUT2D eigenvalue weighted by molar-refractivity contribution is 0.244. The van der Waals surface area contributed by atoms with Gasteiger partial charge < -0.3 is 9.72 Å². The number of methoxy groups -OCH3 is 1. The summed E-state index contributed by atoms with van der Waals surface area (Å²) in [6.07, 6.45) is 4.18. The van der Waals surface area contributed by atoms with Gasteiger partial charge in [-0.15, -0.1) is 11.3 Å². The van der Waals surface area contributed by atoms with E-state index in [9.17, 15) is 4.79 Å². The highest BCUT2D eigenvalue weighted by Gasteiger charge is 2.22. The third-order valence-corrected chi connectivity index (χ3v) is 6.64. The number of hydrogen-bond donors (Lipinski definition) is 1. The van der Waals surface area contributed by atoms with Gasteiger partial charge in [-0.2, -0.15) is 0 Å². The number of aromatic nitrogens is 3. The van der Waals surface area contributed by atoms with Crippen molar-refractivity contribution in [1.82, 2.24) is 19.9 Å². The van der Waals surface area contributed by atoms with E-state index in [0.717, 1.165) is 42.1 Å². The van der Waals surface area contributed by atoms with E-state index in [0.29, 0.717) is 12.4 Å². The molecule has 7 heteroatoms. The minimum Gasteiger partial charge on any atom is -0.497 e. The fourth-order valence-corrected chi connectivity index (χ4v) is 4.91. The summed E-state index contributed by atoms with van der Waals surface area (Å²) < 4.78 is 5.24. The van der Waals surface area contributed by atoms with Crippen molar-refractivity contribution >= 4 is 11.3 Å². The summed E-state index contributed by atoms with van der Waals surface area (Å²) in [7, 11) is 1.68. The van der Waals surface area contributed by atoms with E-state index in [1.807, 2.05) is 24.3 Å². The maximum absolute atomic E-state index is 12.8. The number of nitrogens with one attached hydrogen (secondary N) is 1. The second kappa shape index (κ2) is 8.45. The smallest absolute Gasteiger partial charge is 0.255 e. The molecule has 0 radical (unpaired) electrons. The molecule has 4 aromatic rings. The summed E-state index contributed by atoms with van der Waals surface area (Å²) in [5.41, 5.74) is 3.69. The molecule has 0 aliphatic carbocycles. The van der Waals surface area contributed by atoms with Crippen LogP contribution in [0.1, 0.15) is 16.1 Å². The van der Waals surface area contributed by atoms with Crippen LogP contribution in [0.15, 0.2) is 65.7 Å². The minimum absolute atomic E-state index is 0.0494. The number of pyridine rings is 1. The Bertz CT molecular complexity index is 1250. The zero-order valence-corrected chi connectivity index (χ0v) is 18.0. The first-order chi connectivity index (χ1) is 15.2. The predicted octanol–water partition coefficient (Wildman–Crippen LogP) is 4.13. The molecule has 1 N–H and O–H groups in total. The monoisotopic (exact) mass is 430 g/mol. The van der Waals surface area contributed by atoms with Gasteiger partial charge in [-0.25, -0.2) is 4.98 Å². The number of fused-ring (bicyclic) bond motifs is 1. The van der Waals surface area contributed by atoms with Crippen LogP contribution in [-0.4, -0.2) is 33.5 Å². The molecule has 3 aromatic heterocycles. The highest BCUT2D eigenvalue weighted by atomic mass is 32.1. The normalized spacial score (nSPS) is 13.7. The van der Waals surface area contributed by atoms with Gasteiger partial charge in [0.25, 0.3) is 5.56 Å². The Morgan fingerprint density at radius 3 is 2.65 bits per heavy atom. The molecule has 1 aliphatic heterocycles. The second-order valence-corrected chi connectivity index (χ2v) is 8.70. The fourth-order valence-electron chi connectivity index (χ4n) is 3.86. The zero-order chi connectivity index (χ0) is 21.2. The Balaban J connectivity index is 1.31. The van der Waals surface area contributed by atoms with Crippen molar-refractivity contribution in [1.29, 1.82) is 0 Å². The predicted molar refractivity (Wildman–Crippen MR) is 122 cm³/mol. The number of nitrogens with zero attached hydrogens (tertiary/aromatic N) is 3. The summed E-state index contributed by atoms with van der Waals surface area (Å²) in [5.74, 6) is 1.47. The van der Waals surface area contributed by atoms with Gasteiger partial charge in [0.15, 0.2) is 0 Å². The molecule has 6 nitrogen and oxygen atoms in total. The first-order valence-electron chi connectivity index (χ1n) is 10.2. The highest BCUT2D eigenvalue weighted by molar-refractivity contribution is 7.15. The van der Waals surface area contributed by atoms with Crippen LogP contribution in [0, 0.1) is 0 Å². The standard InChI is InChI=1S/C24H22N4O2S/c1-30-18-4-2-16(3-5-18)22-7-6-19(31-22)14-28-13-10-21-20(15-28)24(29)27-23(26-21)17-8-11-25-12-9-17/h2-9,11-12H,10,13-15H2,1H3,(H,26,27,29). The van der Waals surface area contributed by atoms with Crippen molar-refractivity contribution in [3.05, 3.63) is 87.4 Å². The average Bonchev–Trinajstić information content (AvgIpc) is 3.28. The largest absolute Gasteiger partial charge is 0.497 e. The van der Waals surface area contributed by atoms with E-state index in [1.165, 1.54) is 15.3 Å². The third-order valence-electron chi connectivity index (χ3n) is 5.52. The van der Waals surface area contributed by atoms with Crippen LogP contribution in [0.5, 0.6) is 5.75 Å². The lowest BCUT2D eigenvalue weighted by atomic mass is 10.1. The maximum Gasteiger partial charge on any atom is 0.255 e. The van der Waals surface area contributed by atoms with E-state index < -0.39 is 0 Å². The molecule has 1 aliphatic rings. The van der Waals surface area contributed by atoms with Crippen LogP contribution in [0.25, 0.3) is 21.8 Å². The van der Waals surface area contributed by atoms with Crippen LogP contribution >= 0.6 is 11.3 Å². The second-order valence-electron chi connectivity index (χ2n) is 7.53. The number of aromatic amines is 1. The number of thiophene rings is 1. The zero-order valence-electron chi connectivity index (χ0n) is 17.2. The quantitative estimate of drug-likeness (QED) is 0.516. The van der Waals surface area contributed by atoms with Gasteiger partial charge in [-0.05, 0) is 54.1 Å². The SMILES string of the molecule is COc1ccc(-c2ccc(CN3CCc4nc(-c5ccncc5)[nH]c(=O)c4C3)s2)cc1. The van der Waals surface area contributed by atoms with E-state index in [2.05, 4.69) is 39.1 Å². The van der Waals surface area contributed by atoms with Crippen molar-refractivity contribution in [3.63, 3.8) is 0 Å². The molecule has 31 heavy (non-hydrogen) atoms. The number of rotatable bonds is 5. The van der Waals surface area contributed by atoms with E-state index in [-0.39, 0.29) is 5.56 Å². The van der Waals surface area contributed by atoms with Gasteiger partial charge in [0.05, 0.1) is 18.4 Å². The van der Waals surface area contributed by atoms with Crippen LogP contribution in [0.4, 0.5) is 0 Å². The molecule has 0 atom stereocenters. The summed E-state index contributed by atoms with van der Waals surface area (Å²) in [4.78, 5) is 29.3. The molecular weight excluding hydrogens is 408 g/mol. The Kier molecular flexibility index (Phi) is 5.36. The number of H-pyrrole nitrogens is 1. The number of hydrogen-bond acceptors (Lipinski definition) is 6. The van der Waals surface area contributed by atoms with Crippen molar-refractivity contribution in [2.24, 2.45) is 0 Å². The topological polar surface area (TPSA) is 71.1 Å². The fraction of sp³-hybridized carbons (Fsp3) is 0.208. The Morgan fingerprint density at radius 2 is 1.87 bits per heavy atom. The molecule has 0 spiro atoms. The Morgan fingerprint density at radius 1 is 1.06 bits per heavy atom. The lowest BCUT2D eigenvalue weighted by Gasteiger charge is -2.27. The van der Waals surface area contributed by atoms with Gasteiger partial charge in [0, 0.05) is 53.8 Å². The van der Waals surface area contributed by atoms with Crippen LogP contribution in [0.3, 0.4) is 0 Å². The number of benzene rings is 1. The molecule has 5 rings (SSSR count). The van der Waals surface area contributed by atoms with Gasteiger partial charge in [0.2, 0.25) is 0 Å². The maximum atomic E-state index is 12.8. The Labute approximate surface area is 184 Å². The summed E-state index contributed by atoms with van der Waals surface area (Å²) >= 11 is 1.79. The van der Waals surface area contributed by atoms with Gasteiger partial charge in [-0.3, -0.25) is 14.7 Å². The van der Waals surface area contributed by atoms with Crippen LogP contribution < -0.4 is 10.3 Å². The van der Waals surface area contributed by atoms with Crippen LogP contribution in [0.2, 0.25) is 0 Å². The molecule has 0 amide bonds. The summed E-state index contributed by atoms with van der Waals surface area (Å²) in [6.45, 7) is 2.32. The van der Waals surface area contributed by atoms with Gasteiger partial charge >= 0.3 is 0 Å². The molecule has 156 valence electrons.